The normalized spacial score (nSPS) is 22.1. The molecule has 4 nitrogen and oxygen atoms in total. The summed E-state index contributed by atoms with van der Waals surface area (Å²) < 4.78 is 0. The SMILES string of the molecule is CCCNC(=O)C(C)NC1=NC(C)CS1. The molecule has 0 saturated carbocycles. The Hall–Kier alpha value is -0.710. The number of rotatable bonds is 4. The van der Waals surface area contributed by atoms with Crippen LogP contribution in [0.15, 0.2) is 4.99 Å². The van der Waals surface area contributed by atoms with Gasteiger partial charge >= 0.3 is 0 Å². The fourth-order valence-corrected chi connectivity index (χ4v) is 2.19. The third-order valence-electron chi connectivity index (χ3n) is 2.08. The Balaban J connectivity index is 2.31. The zero-order valence-electron chi connectivity index (χ0n) is 9.54. The minimum Gasteiger partial charge on any atom is -0.354 e. The number of hydrogen-bond donors (Lipinski definition) is 2. The topological polar surface area (TPSA) is 53.5 Å². The van der Waals surface area contributed by atoms with Crippen LogP contribution in [0.3, 0.4) is 0 Å². The van der Waals surface area contributed by atoms with Crippen molar-refractivity contribution in [3.8, 4) is 0 Å². The van der Waals surface area contributed by atoms with Crippen LogP contribution in [0.5, 0.6) is 0 Å². The molecule has 1 amide bonds. The zero-order valence-corrected chi connectivity index (χ0v) is 10.4. The minimum absolute atomic E-state index is 0.0414. The summed E-state index contributed by atoms with van der Waals surface area (Å²) in [5.41, 5.74) is 0. The van der Waals surface area contributed by atoms with Gasteiger partial charge in [-0.1, -0.05) is 18.7 Å². The number of hydrogen-bond acceptors (Lipinski definition) is 4. The van der Waals surface area contributed by atoms with Crippen LogP contribution in [-0.4, -0.2) is 35.5 Å². The summed E-state index contributed by atoms with van der Waals surface area (Å²) in [6.45, 7) is 6.71. The van der Waals surface area contributed by atoms with Crippen molar-refractivity contribution in [3.05, 3.63) is 0 Å². The average molecular weight is 229 g/mol. The number of carbonyl (C=O) groups is 1. The molecule has 0 aliphatic carbocycles. The molecule has 1 aliphatic rings. The van der Waals surface area contributed by atoms with E-state index < -0.39 is 0 Å². The van der Waals surface area contributed by atoms with E-state index in [9.17, 15) is 4.79 Å². The number of carbonyl (C=O) groups excluding carboxylic acids is 1. The van der Waals surface area contributed by atoms with Crippen molar-refractivity contribution in [2.75, 3.05) is 12.3 Å². The van der Waals surface area contributed by atoms with E-state index in [1.54, 1.807) is 11.8 Å². The molecule has 15 heavy (non-hydrogen) atoms. The fourth-order valence-electron chi connectivity index (χ4n) is 1.21. The quantitative estimate of drug-likeness (QED) is 0.755. The van der Waals surface area contributed by atoms with Gasteiger partial charge in [-0.2, -0.15) is 0 Å². The molecule has 2 atom stereocenters. The van der Waals surface area contributed by atoms with E-state index in [1.807, 2.05) is 13.8 Å². The van der Waals surface area contributed by atoms with Gasteiger partial charge in [-0.3, -0.25) is 9.79 Å². The van der Waals surface area contributed by atoms with E-state index in [0.29, 0.717) is 6.04 Å². The van der Waals surface area contributed by atoms with Gasteiger partial charge in [-0.15, -0.1) is 0 Å². The highest BCUT2D eigenvalue weighted by molar-refractivity contribution is 8.14. The third kappa shape index (κ3) is 4.11. The van der Waals surface area contributed by atoms with Crippen molar-refractivity contribution in [1.82, 2.24) is 10.6 Å². The van der Waals surface area contributed by atoms with Crippen LogP contribution in [0.1, 0.15) is 27.2 Å². The van der Waals surface area contributed by atoms with Crippen molar-refractivity contribution in [2.45, 2.75) is 39.3 Å². The Labute approximate surface area is 95.3 Å². The summed E-state index contributed by atoms with van der Waals surface area (Å²) >= 11 is 1.68. The number of thioether (sulfide) groups is 1. The van der Waals surface area contributed by atoms with Crippen LogP contribution in [0, 0.1) is 0 Å². The van der Waals surface area contributed by atoms with E-state index in [-0.39, 0.29) is 11.9 Å². The Morgan fingerprint density at radius 1 is 1.73 bits per heavy atom. The highest BCUT2D eigenvalue weighted by Crippen LogP contribution is 2.15. The monoisotopic (exact) mass is 229 g/mol. The van der Waals surface area contributed by atoms with Crippen LogP contribution >= 0.6 is 11.8 Å². The van der Waals surface area contributed by atoms with Crippen molar-refractivity contribution < 1.29 is 4.79 Å². The predicted octanol–water partition coefficient (Wildman–Crippen LogP) is 0.982. The first-order valence-corrected chi connectivity index (χ1v) is 6.37. The first-order chi connectivity index (χ1) is 7.13. The number of nitrogens with one attached hydrogen (secondary N) is 2. The summed E-state index contributed by atoms with van der Waals surface area (Å²) in [4.78, 5) is 15.9. The molecule has 1 aliphatic heterocycles. The fraction of sp³-hybridized carbons (Fsp3) is 0.800. The second kappa shape index (κ2) is 6.00. The van der Waals surface area contributed by atoms with Crippen LogP contribution in [-0.2, 0) is 4.79 Å². The molecule has 0 fully saturated rings. The largest absolute Gasteiger partial charge is 0.354 e. The zero-order chi connectivity index (χ0) is 11.3. The number of amidine groups is 1. The first kappa shape index (κ1) is 12.4. The van der Waals surface area contributed by atoms with E-state index in [4.69, 9.17) is 0 Å². The molecular formula is C10H19N3OS. The molecule has 0 saturated heterocycles. The van der Waals surface area contributed by atoms with Crippen molar-refractivity contribution >= 4 is 22.8 Å². The molecule has 2 N–H and O–H groups in total. The van der Waals surface area contributed by atoms with Gasteiger partial charge in [0, 0.05) is 12.3 Å². The predicted molar refractivity (Wildman–Crippen MR) is 65.3 cm³/mol. The maximum absolute atomic E-state index is 11.5. The number of nitrogens with zero attached hydrogens (tertiary/aromatic N) is 1. The summed E-state index contributed by atoms with van der Waals surface area (Å²) in [6, 6.07) is 0.163. The first-order valence-electron chi connectivity index (χ1n) is 5.38. The maximum Gasteiger partial charge on any atom is 0.242 e. The van der Waals surface area contributed by atoms with Crippen LogP contribution in [0.4, 0.5) is 0 Å². The summed E-state index contributed by atoms with van der Waals surface area (Å²) in [7, 11) is 0. The smallest absolute Gasteiger partial charge is 0.242 e. The molecule has 5 heteroatoms. The second-order valence-electron chi connectivity index (χ2n) is 3.75. The lowest BCUT2D eigenvalue weighted by Crippen LogP contribution is -2.43. The number of aliphatic imine (C=N–C) groups is 1. The van der Waals surface area contributed by atoms with E-state index in [2.05, 4.69) is 22.5 Å². The molecule has 0 spiro atoms. The van der Waals surface area contributed by atoms with Crippen LogP contribution < -0.4 is 10.6 Å². The van der Waals surface area contributed by atoms with E-state index >= 15 is 0 Å². The lowest BCUT2D eigenvalue weighted by atomic mass is 10.3. The highest BCUT2D eigenvalue weighted by atomic mass is 32.2. The van der Waals surface area contributed by atoms with Gasteiger partial charge in [0.25, 0.3) is 0 Å². The summed E-state index contributed by atoms with van der Waals surface area (Å²) in [6.07, 6.45) is 0.963. The lowest BCUT2D eigenvalue weighted by Gasteiger charge is -2.13. The van der Waals surface area contributed by atoms with E-state index in [0.717, 1.165) is 23.9 Å². The molecule has 0 radical (unpaired) electrons. The maximum atomic E-state index is 11.5. The molecule has 0 aromatic carbocycles. The van der Waals surface area contributed by atoms with Gasteiger partial charge in [0.15, 0.2) is 5.17 Å². The van der Waals surface area contributed by atoms with Crippen molar-refractivity contribution in [3.63, 3.8) is 0 Å². The standard InChI is InChI=1S/C10H19N3OS/c1-4-5-11-9(14)8(3)13-10-12-7(2)6-15-10/h7-8H,4-6H2,1-3H3,(H,11,14)(H,12,13). The molecule has 0 bridgehead atoms. The number of amides is 1. The van der Waals surface area contributed by atoms with Gasteiger partial charge in [-0.05, 0) is 20.3 Å². The third-order valence-corrected chi connectivity index (χ3v) is 3.23. The van der Waals surface area contributed by atoms with Gasteiger partial charge in [0.05, 0.1) is 6.04 Å². The molecule has 1 heterocycles. The van der Waals surface area contributed by atoms with Crippen LogP contribution in [0.2, 0.25) is 0 Å². The molecular weight excluding hydrogens is 210 g/mol. The molecule has 2 unspecified atom stereocenters. The second-order valence-corrected chi connectivity index (χ2v) is 4.76. The van der Waals surface area contributed by atoms with Gasteiger partial charge in [0.2, 0.25) is 5.91 Å². The Morgan fingerprint density at radius 2 is 2.47 bits per heavy atom. The summed E-state index contributed by atoms with van der Waals surface area (Å²) in [5.74, 6) is 1.05. The molecule has 1 rings (SSSR count). The van der Waals surface area contributed by atoms with Crippen molar-refractivity contribution in [1.29, 1.82) is 0 Å². The highest BCUT2D eigenvalue weighted by Gasteiger charge is 2.18. The van der Waals surface area contributed by atoms with Gasteiger partial charge in [0.1, 0.15) is 6.04 Å². The Bertz CT molecular complexity index is 255. The van der Waals surface area contributed by atoms with Crippen LogP contribution in [0.25, 0.3) is 0 Å². The van der Waals surface area contributed by atoms with Gasteiger partial charge < -0.3 is 10.6 Å². The van der Waals surface area contributed by atoms with E-state index in [1.165, 1.54) is 0 Å². The average Bonchev–Trinajstić information content (AvgIpc) is 2.60. The van der Waals surface area contributed by atoms with Crippen molar-refractivity contribution in [2.24, 2.45) is 4.99 Å². The Morgan fingerprint density at radius 3 is 3.00 bits per heavy atom. The molecule has 0 aromatic heterocycles. The molecule has 86 valence electrons. The molecule has 0 aromatic rings. The van der Waals surface area contributed by atoms with Gasteiger partial charge in [-0.25, -0.2) is 0 Å². The lowest BCUT2D eigenvalue weighted by molar-refractivity contribution is -0.122. The Kier molecular flexibility index (Phi) is 4.94. The minimum atomic E-state index is -0.201. The summed E-state index contributed by atoms with van der Waals surface area (Å²) in [5, 5.41) is 6.86.